The van der Waals surface area contributed by atoms with Crippen molar-refractivity contribution in [3.63, 3.8) is 0 Å². The summed E-state index contributed by atoms with van der Waals surface area (Å²) in [7, 11) is 0. The highest BCUT2D eigenvalue weighted by molar-refractivity contribution is 5.84. The number of benzene rings is 2. The highest BCUT2D eigenvalue weighted by Crippen LogP contribution is 2.28. The van der Waals surface area contributed by atoms with Crippen LogP contribution in [0.15, 0.2) is 42.5 Å². The molecule has 134 valence electrons. The van der Waals surface area contributed by atoms with Crippen molar-refractivity contribution in [1.29, 1.82) is 0 Å². The van der Waals surface area contributed by atoms with Crippen LogP contribution < -0.4 is 11.1 Å². The summed E-state index contributed by atoms with van der Waals surface area (Å²) in [4.78, 5) is 0. The van der Waals surface area contributed by atoms with Crippen LogP contribution >= 0.6 is 0 Å². The predicted octanol–water partition coefficient (Wildman–Crippen LogP) is 4.51. The molecule has 0 heterocycles. The average Bonchev–Trinajstić information content (AvgIpc) is 2.61. The molecular weight excluding hydrogens is 308 g/mol. The van der Waals surface area contributed by atoms with Crippen LogP contribution in [0.2, 0.25) is 0 Å². The van der Waals surface area contributed by atoms with E-state index in [-0.39, 0.29) is 12.1 Å². The second-order valence-electron chi connectivity index (χ2n) is 6.66. The second kappa shape index (κ2) is 8.84. The van der Waals surface area contributed by atoms with Gasteiger partial charge in [0.1, 0.15) is 5.75 Å². The molecule has 3 nitrogen and oxygen atoms in total. The fraction of sp³-hybridized carbons (Fsp3) is 0.364. The number of likely N-dealkylation sites (N-methyl/N-ethyl adjacent to an activating group) is 1. The third-order valence-electron chi connectivity index (χ3n) is 4.45. The minimum atomic E-state index is -0.242. The molecule has 0 aliphatic rings. The van der Waals surface area contributed by atoms with Crippen LogP contribution in [0.4, 0.5) is 0 Å². The Bertz CT molecular complexity index is 717. The molecule has 25 heavy (non-hydrogen) atoms. The standard InChI is InChI=1S/C22H30N2O/c1-5-16-7-10-18(11-8-16)20(22(23)24-6-2)14-17-9-12-21(25)19(13-17)15(3)4/h7-15,22,24-25H,5-6,23H2,1-4H3. The maximum Gasteiger partial charge on any atom is 0.119 e. The van der Waals surface area contributed by atoms with E-state index in [0.717, 1.165) is 35.2 Å². The van der Waals surface area contributed by atoms with Crippen molar-refractivity contribution in [1.82, 2.24) is 5.32 Å². The van der Waals surface area contributed by atoms with Crippen molar-refractivity contribution in [2.45, 2.75) is 46.2 Å². The van der Waals surface area contributed by atoms with Crippen LogP contribution in [-0.4, -0.2) is 17.8 Å². The molecule has 0 aliphatic heterocycles. The van der Waals surface area contributed by atoms with Crippen molar-refractivity contribution >= 4 is 11.6 Å². The van der Waals surface area contributed by atoms with Gasteiger partial charge in [-0.05, 0) is 64.9 Å². The van der Waals surface area contributed by atoms with Crippen LogP contribution in [-0.2, 0) is 6.42 Å². The van der Waals surface area contributed by atoms with E-state index in [1.54, 1.807) is 6.07 Å². The molecule has 1 atom stereocenters. The molecule has 0 amide bonds. The predicted molar refractivity (Wildman–Crippen MR) is 108 cm³/mol. The van der Waals surface area contributed by atoms with E-state index in [4.69, 9.17) is 5.73 Å². The quantitative estimate of drug-likeness (QED) is 0.514. The molecule has 4 N–H and O–H groups in total. The topological polar surface area (TPSA) is 58.3 Å². The van der Waals surface area contributed by atoms with Gasteiger partial charge in [0.2, 0.25) is 0 Å². The molecule has 0 bridgehead atoms. The van der Waals surface area contributed by atoms with Gasteiger partial charge in [-0.3, -0.25) is 5.32 Å². The zero-order chi connectivity index (χ0) is 18.4. The Kier molecular flexibility index (Phi) is 6.80. The molecule has 1 unspecified atom stereocenters. The number of aromatic hydroxyl groups is 1. The lowest BCUT2D eigenvalue weighted by Gasteiger charge is -2.18. The van der Waals surface area contributed by atoms with Gasteiger partial charge in [-0.1, -0.05) is 58.0 Å². The number of aryl methyl sites for hydroxylation is 1. The highest BCUT2D eigenvalue weighted by Gasteiger charge is 2.12. The summed E-state index contributed by atoms with van der Waals surface area (Å²) in [6, 6.07) is 14.3. The number of hydrogen-bond donors (Lipinski definition) is 3. The molecule has 0 aliphatic carbocycles. The van der Waals surface area contributed by atoms with Crippen LogP contribution in [0.25, 0.3) is 11.6 Å². The van der Waals surface area contributed by atoms with E-state index in [2.05, 4.69) is 63.4 Å². The smallest absolute Gasteiger partial charge is 0.119 e. The second-order valence-corrected chi connectivity index (χ2v) is 6.66. The monoisotopic (exact) mass is 338 g/mol. The first-order chi connectivity index (χ1) is 12.0. The van der Waals surface area contributed by atoms with E-state index >= 15 is 0 Å². The molecule has 0 fully saturated rings. The Morgan fingerprint density at radius 1 is 1.12 bits per heavy atom. The highest BCUT2D eigenvalue weighted by atomic mass is 16.3. The maximum absolute atomic E-state index is 10.0. The molecule has 0 saturated carbocycles. The van der Waals surface area contributed by atoms with E-state index in [1.165, 1.54) is 5.56 Å². The van der Waals surface area contributed by atoms with Crippen molar-refractivity contribution in [3.05, 3.63) is 64.7 Å². The van der Waals surface area contributed by atoms with Crippen molar-refractivity contribution < 1.29 is 5.11 Å². The number of phenols is 1. The van der Waals surface area contributed by atoms with Crippen molar-refractivity contribution in [2.24, 2.45) is 5.73 Å². The zero-order valence-corrected chi connectivity index (χ0v) is 15.7. The third-order valence-corrected chi connectivity index (χ3v) is 4.45. The minimum Gasteiger partial charge on any atom is -0.508 e. The summed E-state index contributed by atoms with van der Waals surface area (Å²) in [5.74, 6) is 0.611. The molecular formula is C22H30N2O. The molecule has 2 aromatic rings. The summed E-state index contributed by atoms with van der Waals surface area (Å²) in [6.07, 6.45) is 2.89. The lowest BCUT2D eigenvalue weighted by molar-refractivity contribution is 0.465. The summed E-state index contributed by atoms with van der Waals surface area (Å²) >= 11 is 0. The van der Waals surface area contributed by atoms with Gasteiger partial charge in [-0.25, -0.2) is 0 Å². The molecule has 0 radical (unpaired) electrons. The third kappa shape index (κ3) is 4.94. The first kappa shape index (κ1) is 19.2. The van der Waals surface area contributed by atoms with Crippen LogP contribution in [0.1, 0.15) is 55.9 Å². The molecule has 0 spiro atoms. The van der Waals surface area contributed by atoms with Crippen LogP contribution in [0.3, 0.4) is 0 Å². The summed E-state index contributed by atoms with van der Waals surface area (Å²) < 4.78 is 0. The zero-order valence-electron chi connectivity index (χ0n) is 15.7. The van der Waals surface area contributed by atoms with Gasteiger partial charge in [0, 0.05) is 0 Å². The Morgan fingerprint density at radius 3 is 2.36 bits per heavy atom. The van der Waals surface area contributed by atoms with Gasteiger partial charge in [-0.2, -0.15) is 0 Å². The minimum absolute atomic E-state index is 0.242. The van der Waals surface area contributed by atoms with Gasteiger partial charge in [-0.15, -0.1) is 0 Å². The first-order valence-corrected chi connectivity index (χ1v) is 9.09. The first-order valence-electron chi connectivity index (χ1n) is 9.09. The normalized spacial score (nSPS) is 13.3. The largest absolute Gasteiger partial charge is 0.508 e. The number of rotatable bonds is 7. The summed E-state index contributed by atoms with van der Waals surface area (Å²) in [5.41, 5.74) is 11.8. The Balaban J connectivity index is 2.47. The maximum atomic E-state index is 10.0. The van der Waals surface area contributed by atoms with E-state index < -0.39 is 0 Å². The number of phenolic OH excluding ortho intramolecular Hbond substituents is 1. The van der Waals surface area contributed by atoms with Crippen molar-refractivity contribution in [3.8, 4) is 5.75 Å². The lowest BCUT2D eigenvalue weighted by atomic mass is 9.95. The van der Waals surface area contributed by atoms with Gasteiger partial charge in [0.25, 0.3) is 0 Å². The fourth-order valence-corrected chi connectivity index (χ4v) is 2.92. The average molecular weight is 338 g/mol. The molecule has 0 saturated heterocycles. The Hall–Kier alpha value is -2.10. The van der Waals surface area contributed by atoms with Gasteiger partial charge in [0.15, 0.2) is 0 Å². The summed E-state index contributed by atoms with van der Waals surface area (Å²) in [6.45, 7) is 9.17. The van der Waals surface area contributed by atoms with Crippen LogP contribution in [0, 0.1) is 0 Å². The number of nitrogens with one attached hydrogen (secondary N) is 1. The molecule has 0 aromatic heterocycles. The summed E-state index contributed by atoms with van der Waals surface area (Å²) in [5, 5.41) is 13.4. The molecule has 3 heteroatoms. The number of hydrogen-bond acceptors (Lipinski definition) is 3. The lowest BCUT2D eigenvalue weighted by Crippen LogP contribution is -2.38. The Morgan fingerprint density at radius 2 is 1.80 bits per heavy atom. The van der Waals surface area contributed by atoms with E-state index in [0.29, 0.717) is 5.75 Å². The molecule has 2 aromatic carbocycles. The van der Waals surface area contributed by atoms with Gasteiger partial charge >= 0.3 is 0 Å². The SMILES string of the molecule is CCNC(N)C(=Cc1ccc(O)c(C(C)C)c1)c1ccc(CC)cc1. The van der Waals surface area contributed by atoms with Gasteiger partial charge < -0.3 is 10.8 Å². The number of nitrogens with two attached hydrogens (primary N) is 1. The van der Waals surface area contributed by atoms with Crippen LogP contribution in [0.5, 0.6) is 5.75 Å². The van der Waals surface area contributed by atoms with E-state index in [9.17, 15) is 5.11 Å². The fourth-order valence-electron chi connectivity index (χ4n) is 2.92. The Labute approximate surface area is 151 Å². The van der Waals surface area contributed by atoms with Crippen molar-refractivity contribution in [2.75, 3.05) is 6.54 Å². The van der Waals surface area contributed by atoms with E-state index in [1.807, 2.05) is 12.1 Å². The molecule has 2 rings (SSSR count). The van der Waals surface area contributed by atoms with Gasteiger partial charge in [0.05, 0.1) is 6.17 Å².